The predicted octanol–water partition coefficient (Wildman–Crippen LogP) is 1.06. The lowest BCUT2D eigenvalue weighted by Crippen LogP contribution is -2.19. The highest BCUT2D eigenvalue weighted by molar-refractivity contribution is 5.96. The van der Waals surface area contributed by atoms with Crippen molar-refractivity contribution in [1.82, 2.24) is 5.32 Å². The molecule has 0 heterocycles. The van der Waals surface area contributed by atoms with E-state index in [4.69, 9.17) is 10.8 Å². The van der Waals surface area contributed by atoms with Crippen LogP contribution in [0, 0.1) is 5.92 Å². The number of nitrogens with two attached hydrogens (primary N) is 1. The summed E-state index contributed by atoms with van der Waals surface area (Å²) in [5.74, 6) is 0.208. The van der Waals surface area contributed by atoms with Gasteiger partial charge in [0.2, 0.25) is 0 Å². The zero-order valence-corrected chi connectivity index (χ0v) is 10.9. The number of aliphatic hydroxyl groups is 1. The van der Waals surface area contributed by atoms with Gasteiger partial charge in [0, 0.05) is 25.8 Å². The molecule has 0 fully saturated rings. The molecule has 100 valence electrons. The highest BCUT2D eigenvalue weighted by Gasteiger charge is 2.08. The summed E-state index contributed by atoms with van der Waals surface area (Å²) in [5, 5.41) is 14.6. The van der Waals surface area contributed by atoms with Gasteiger partial charge in [0.25, 0.3) is 5.91 Å². The number of anilines is 2. The average molecular weight is 251 g/mol. The first-order valence-electron chi connectivity index (χ1n) is 6.04. The van der Waals surface area contributed by atoms with Crippen molar-refractivity contribution in [3.05, 3.63) is 23.8 Å². The number of hydrogen-bond donors (Lipinski definition) is 4. The molecule has 1 aromatic rings. The minimum atomic E-state index is -0.138. The van der Waals surface area contributed by atoms with E-state index in [1.54, 1.807) is 25.2 Å². The summed E-state index contributed by atoms with van der Waals surface area (Å²) in [6, 6.07) is 5.14. The molecule has 5 N–H and O–H groups in total. The lowest BCUT2D eigenvalue weighted by atomic mass is 10.1. The van der Waals surface area contributed by atoms with Gasteiger partial charge in [-0.05, 0) is 30.5 Å². The molecule has 0 aromatic heterocycles. The summed E-state index contributed by atoms with van der Waals surface area (Å²) in [4.78, 5) is 11.5. The smallest absolute Gasteiger partial charge is 0.251 e. The van der Waals surface area contributed by atoms with Gasteiger partial charge in [-0.15, -0.1) is 0 Å². The minimum Gasteiger partial charge on any atom is -0.397 e. The van der Waals surface area contributed by atoms with E-state index in [1.807, 2.05) is 6.92 Å². The summed E-state index contributed by atoms with van der Waals surface area (Å²) >= 11 is 0. The van der Waals surface area contributed by atoms with Crippen molar-refractivity contribution in [1.29, 1.82) is 0 Å². The Balaban J connectivity index is 2.72. The second kappa shape index (κ2) is 6.86. The van der Waals surface area contributed by atoms with Gasteiger partial charge in [-0.3, -0.25) is 4.79 Å². The second-order valence-electron chi connectivity index (χ2n) is 4.38. The van der Waals surface area contributed by atoms with Crippen LogP contribution in [0.15, 0.2) is 18.2 Å². The zero-order chi connectivity index (χ0) is 13.5. The summed E-state index contributed by atoms with van der Waals surface area (Å²) in [5.41, 5.74) is 7.78. The summed E-state index contributed by atoms with van der Waals surface area (Å²) < 4.78 is 0. The number of rotatable bonds is 6. The molecule has 0 radical (unpaired) electrons. The Labute approximate surface area is 107 Å². The van der Waals surface area contributed by atoms with Crippen LogP contribution in [0.2, 0.25) is 0 Å². The zero-order valence-electron chi connectivity index (χ0n) is 10.9. The molecular weight excluding hydrogens is 230 g/mol. The van der Waals surface area contributed by atoms with Crippen molar-refractivity contribution in [3.8, 4) is 0 Å². The fourth-order valence-electron chi connectivity index (χ4n) is 1.60. The number of nitrogen functional groups attached to an aromatic ring is 1. The first-order chi connectivity index (χ1) is 8.58. The Bertz CT molecular complexity index is 407. The molecule has 18 heavy (non-hydrogen) atoms. The highest BCUT2D eigenvalue weighted by Crippen LogP contribution is 2.20. The standard InChI is InChI=1S/C13H21N3O2/c1-9(5-6-17)8-16-12-7-10(13(18)15-2)3-4-11(12)14/h3-4,7,9,16-17H,5-6,8,14H2,1-2H3,(H,15,18). The number of amides is 1. The molecule has 5 heteroatoms. The second-order valence-corrected chi connectivity index (χ2v) is 4.38. The van der Waals surface area contributed by atoms with Gasteiger partial charge in [0.15, 0.2) is 0 Å². The first-order valence-corrected chi connectivity index (χ1v) is 6.04. The van der Waals surface area contributed by atoms with Crippen LogP contribution >= 0.6 is 0 Å². The maximum atomic E-state index is 11.5. The number of nitrogens with one attached hydrogen (secondary N) is 2. The van der Waals surface area contributed by atoms with Crippen molar-refractivity contribution in [3.63, 3.8) is 0 Å². The molecule has 1 atom stereocenters. The molecule has 1 amide bonds. The number of carbonyl (C=O) groups is 1. The molecule has 0 aliphatic heterocycles. The van der Waals surface area contributed by atoms with Crippen LogP contribution in [-0.2, 0) is 0 Å². The van der Waals surface area contributed by atoms with Crippen molar-refractivity contribution in [2.45, 2.75) is 13.3 Å². The third-order valence-electron chi connectivity index (χ3n) is 2.81. The third-order valence-corrected chi connectivity index (χ3v) is 2.81. The molecule has 1 rings (SSSR count). The Hall–Kier alpha value is -1.75. The minimum absolute atomic E-state index is 0.138. The van der Waals surface area contributed by atoms with Crippen molar-refractivity contribution >= 4 is 17.3 Å². The molecule has 1 unspecified atom stereocenters. The average Bonchev–Trinajstić information content (AvgIpc) is 2.37. The van der Waals surface area contributed by atoms with Crippen LogP contribution in [0.5, 0.6) is 0 Å². The van der Waals surface area contributed by atoms with E-state index in [-0.39, 0.29) is 12.5 Å². The van der Waals surface area contributed by atoms with E-state index in [0.29, 0.717) is 23.7 Å². The van der Waals surface area contributed by atoms with Crippen LogP contribution in [0.3, 0.4) is 0 Å². The van der Waals surface area contributed by atoms with E-state index in [2.05, 4.69) is 10.6 Å². The fourth-order valence-corrected chi connectivity index (χ4v) is 1.60. The van der Waals surface area contributed by atoms with Gasteiger partial charge in [0.05, 0.1) is 11.4 Å². The van der Waals surface area contributed by atoms with Gasteiger partial charge < -0.3 is 21.5 Å². The Kier molecular flexibility index (Phi) is 5.45. The number of carbonyl (C=O) groups excluding carboxylic acids is 1. The maximum Gasteiger partial charge on any atom is 0.251 e. The Morgan fingerprint density at radius 1 is 1.50 bits per heavy atom. The van der Waals surface area contributed by atoms with Crippen LogP contribution < -0.4 is 16.4 Å². The monoisotopic (exact) mass is 251 g/mol. The predicted molar refractivity (Wildman–Crippen MR) is 73.6 cm³/mol. The number of aliphatic hydroxyl groups excluding tert-OH is 1. The molecule has 0 saturated heterocycles. The molecule has 0 bridgehead atoms. The van der Waals surface area contributed by atoms with E-state index in [1.165, 1.54) is 0 Å². The number of benzene rings is 1. The SMILES string of the molecule is CNC(=O)c1ccc(N)c(NCC(C)CCO)c1. The van der Waals surface area contributed by atoms with Gasteiger partial charge in [-0.25, -0.2) is 0 Å². The lowest BCUT2D eigenvalue weighted by molar-refractivity contribution is 0.0963. The molecule has 0 saturated carbocycles. The van der Waals surface area contributed by atoms with E-state index >= 15 is 0 Å². The van der Waals surface area contributed by atoms with Crippen LogP contribution in [-0.4, -0.2) is 31.2 Å². The largest absolute Gasteiger partial charge is 0.397 e. The van der Waals surface area contributed by atoms with Crippen molar-refractivity contribution in [2.75, 3.05) is 31.2 Å². The van der Waals surface area contributed by atoms with Crippen LogP contribution in [0.1, 0.15) is 23.7 Å². The molecule has 0 aliphatic carbocycles. The van der Waals surface area contributed by atoms with Crippen molar-refractivity contribution in [2.24, 2.45) is 5.92 Å². The normalized spacial score (nSPS) is 11.9. The summed E-state index contributed by atoms with van der Waals surface area (Å²) in [7, 11) is 1.59. The molecule has 0 aliphatic rings. The topological polar surface area (TPSA) is 87.4 Å². The molecule has 1 aromatic carbocycles. The van der Waals surface area contributed by atoms with E-state index in [9.17, 15) is 4.79 Å². The third kappa shape index (κ3) is 3.92. The quantitative estimate of drug-likeness (QED) is 0.569. The molecular formula is C13H21N3O2. The van der Waals surface area contributed by atoms with Crippen molar-refractivity contribution < 1.29 is 9.90 Å². The maximum absolute atomic E-state index is 11.5. The summed E-state index contributed by atoms with van der Waals surface area (Å²) in [6.45, 7) is 2.93. The molecule has 0 spiro atoms. The first kappa shape index (κ1) is 14.3. The summed E-state index contributed by atoms with van der Waals surface area (Å²) in [6.07, 6.45) is 0.738. The Morgan fingerprint density at radius 2 is 2.22 bits per heavy atom. The van der Waals surface area contributed by atoms with Gasteiger partial charge >= 0.3 is 0 Å². The van der Waals surface area contributed by atoms with Gasteiger partial charge in [0.1, 0.15) is 0 Å². The van der Waals surface area contributed by atoms with Gasteiger partial charge in [-0.2, -0.15) is 0 Å². The molecule has 5 nitrogen and oxygen atoms in total. The van der Waals surface area contributed by atoms with Crippen LogP contribution in [0.4, 0.5) is 11.4 Å². The van der Waals surface area contributed by atoms with Crippen LogP contribution in [0.25, 0.3) is 0 Å². The fraction of sp³-hybridized carbons (Fsp3) is 0.462. The van der Waals surface area contributed by atoms with Gasteiger partial charge in [-0.1, -0.05) is 6.92 Å². The highest BCUT2D eigenvalue weighted by atomic mass is 16.3. The van der Waals surface area contributed by atoms with E-state index in [0.717, 1.165) is 12.1 Å². The van der Waals surface area contributed by atoms with E-state index < -0.39 is 0 Å². The lowest BCUT2D eigenvalue weighted by Gasteiger charge is -2.14. The number of hydrogen-bond acceptors (Lipinski definition) is 4. The Morgan fingerprint density at radius 3 is 2.83 bits per heavy atom.